The fraction of sp³-hybridized carbons (Fsp3) is 0.846. The lowest BCUT2D eigenvalue weighted by molar-refractivity contribution is -0.118. The second-order valence-corrected chi connectivity index (χ2v) is 6.74. The quantitative estimate of drug-likeness (QED) is 0.726. The second-order valence-electron chi connectivity index (χ2n) is 5.27. The molecule has 0 radical (unpaired) electrons. The Labute approximate surface area is 114 Å². The molecule has 1 amide bonds. The van der Waals surface area contributed by atoms with Crippen molar-refractivity contribution in [2.45, 2.75) is 51.4 Å². The summed E-state index contributed by atoms with van der Waals surface area (Å²) in [5.74, 6) is 0. The van der Waals surface area contributed by atoms with Gasteiger partial charge in [-0.15, -0.1) is 0 Å². The van der Waals surface area contributed by atoms with Gasteiger partial charge in [-0.2, -0.15) is 0 Å². The van der Waals surface area contributed by atoms with Crippen LogP contribution in [-0.4, -0.2) is 47.5 Å². The molecule has 4 nitrogen and oxygen atoms in total. The molecule has 5 heteroatoms. The number of hydrogen-bond donors (Lipinski definition) is 0. The van der Waals surface area contributed by atoms with Crippen molar-refractivity contribution >= 4 is 23.3 Å². The van der Waals surface area contributed by atoms with Crippen molar-refractivity contribution in [3.63, 3.8) is 0 Å². The average molecular weight is 275 g/mol. The molecule has 1 aliphatic heterocycles. The molecule has 1 saturated heterocycles. The smallest absolute Gasteiger partial charge is 0.209 e. The summed E-state index contributed by atoms with van der Waals surface area (Å²) in [6, 6.07) is 0. The summed E-state index contributed by atoms with van der Waals surface area (Å²) in [6.45, 7) is 9.26. The Kier molecular flexibility index (Phi) is 8.27. The van der Waals surface area contributed by atoms with Crippen LogP contribution in [-0.2, 0) is 14.3 Å². The highest BCUT2D eigenvalue weighted by molar-refractivity contribution is 8.14. The maximum atomic E-state index is 10.7. The molecule has 0 aliphatic carbocycles. The van der Waals surface area contributed by atoms with E-state index in [1.165, 1.54) is 11.8 Å². The topological polar surface area (TPSA) is 46.6 Å². The average Bonchev–Trinajstić information content (AvgIpc) is 2.29. The van der Waals surface area contributed by atoms with Crippen LogP contribution in [0.2, 0.25) is 0 Å². The zero-order chi connectivity index (χ0) is 14.2. The van der Waals surface area contributed by atoms with E-state index in [0.717, 1.165) is 32.3 Å². The molecule has 0 bridgehead atoms. The van der Waals surface area contributed by atoms with Gasteiger partial charge >= 0.3 is 0 Å². The molecule has 1 rings (SSSR count). The number of piperidine rings is 1. The highest BCUT2D eigenvalue weighted by Crippen LogP contribution is 2.22. The number of thioether (sulfide) groups is 1. The molecule has 18 heavy (non-hydrogen) atoms. The van der Waals surface area contributed by atoms with Crippen LogP contribution in [0.5, 0.6) is 0 Å². The summed E-state index contributed by atoms with van der Waals surface area (Å²) in [4.78, 5) is 22.8. The Hall–Kier alpha value is -0.550. The summed E-state index contributed by atoms with van der Waals surface area (Å²) >= 11 is 1.41. The van der Waals surface area contributed by atoms with E-state index in [4.69, 9.17) is 4.74 Å². The van der Waals surface area contributed by atoms with Gasteiger partial charge in [0, 0.05) is 32.4 Å². The number of likely N-dealkylation sites (tertiary alicyclic amines) is 1. The fourth-order valence-electron chi connectivity index (χ4n) is 1.33. The minimum Gasteiger partial charge on any atom is -0.379 e. The van der Waals surface area contributed by atoms with Crippen molar-refractivity contribution < 1.29 is 14.3 Å². The molecule has 1 heterocycles. The van der Waals surface area contributed by atoms with Gasteiger partial charge in [-0.05, 0) is 33.6 Å². The van der Waals surface area contributed by atoms with Crippen LogP contribution >= 0.6 is 11.8 Å². The normalized spacial score (nSPS) is 16.8. The molecule has 0 aromatic rings. The predicted molar refractivity (Wildman–Crippen MR) is 75.7 cm³/mol. The summed E-state index contributed by atoms with van der Waals surface area (Å²) in [5.41, 5.74) is 0.0417. The van der Waals surface area contributed by atoms with E-state index in [1.807, 2.05) is 20.8 Å². The predicted octanol–water partition coefficient (Wildman–Crippen LogP) is 2.32. The number of hydrogen-bond acceptors (Lipinski definition) is 4. The van der Waals surface area contributed by atoms with Crippen molar-refractivity contribution in [2.24, 2.45) is 0 Å². The number of amides is 1. The van der Waals surface area contributed by atoms with E-state index >= 15 is 0 Å². The molecule has 106 valence electrons. The van der Waals surface area contributed by atoms with Crippen molar-refractivity contribution in [3.05, 3.63) is 0 Å². The minimum atomic E-state index is 0.0417. The van der Waals surface area contributed by atoms with Gasteiger partial charge in [-0.3, -0.25) is 9.59 Å². The first kappa shape index (κ1) is 17.4. The molecular formula is C13H25NO3S. The van der Waals surface area contributed by atoms with Crippen LogP contribution in [0.15, 0.2) is 0 Å². The second kappa shape index (κ2) is 8.53. The number of carbonyl (C=O) groups excluding carboxylic acids is 2. The molecular weight excluding hydrogens is 250 g/mol. The van der Waals surface area contributed by atoms with Gasteiger partial charge < -0.3 is 9.64 Å². The first-order chi connectivity index (χ1) is 8.28. The van der Waals surface area contributed by atoms with Gasteiger partial charge in [0.25, 0.3) is 0 Å². The fourth-order valence-corrected chi connectivity index (χ4v) is 2.25. The zero-order valence-electron chi connectivity index (χ0n) is 12.1. The first-order valence-electron chi connectivity index (χ1n) is 6.20. The summed E-state index contributed by atoms with van der Waals surface area (Å²) in [5, 5.41) is 0.609. The van der Waals surface area contributed by atoms with Gasteiger partial charge in [-0.25, -0.2) is 0 Å². The van der Waals surface area contributed by atoms with E-state index in [2.05, 4.69) is 0 Å². The molecule has 0 N–H and O–H groups in total. The number of ether oxygens (including phenoxy) is 1. The van der Waals surface area contributed by atoms with Gasteiger partial charge in [-0.1, -0.05) is 11.8 Å². The van der Waals surface area contributed by atoms with Gasteiger partial charge in [0.1, 0.15) is 0 Å². The van der Waals surface area contributed by atoms with E-state index in [9.17, 15) is 9.59 Å². The number of rotatable bonds is 2. The lowest BCUT2D eigenvalue weighted by Crippen LogP contribution is -2.33. The standard InChI is InChI=1S/C8H13NO2S.C5H12O/c1-7(11)12-8-2-4-9(6-10)5-3-8;1-5(2,3)6-4/h6,8H,2-5H2,1H3;1-4H3. The van der Waals surface area contributed by atoms with Crippen molar-refractivity contribution in [3.8, 4) is 0 Å². The molecule has 1 fully saturated rings. The van der Waals surface area contributed by atoms with E-state index in [1.54, 1.807) is 18.9 Å². The number of methoxy groups -OCH3 is 1. The summed E-state index contributed by atoms with van der Waals surface area (Å²) < 4.78 is 4.94. The molecule has 0 unspecified atom stereocenters. The van der Waals surface area contributed by atoms with Crippen molar-refractivity contribution in [2.75, 3.05) is 20.2 Å². The largest absolute Gasteiger partial charge is 0.379 e. The molecule has 0 saturated carbocycles. The van der Waals surface area contributed by atoms with Crippen LogP contribution in [0.25, 0.3) is 0 Å². The Bertz CT molecular complexity index is 255. The van der Waals surface area contributed by atoms with Crippen LogP contribution in [0.4, 0.5) is 0 Å². The SMILES string of the molecule is CC(=O)SC1CCN(C=O)CC1.COC(C)(C)C. The van der Waals surface area contributed by atoms with Crippen LogP contribution in [0.1, 0.15) is 40.5 Å². The Morgan fingerprint density at radius 1 is 1.33 bits per heavy atom. The molecule has 0 aromatic heterocycles. The van der Waals surface area contributed by atoms with Crippen molar-refractivity contribution in [1.82, 2.24) is 4.90 Å². The van der Waals surface area contributed by atoms with Gasteiger partial charge in [0.05, 0.1) is 5.60 Å². The number of nitrogens with zero attached hydrogens (tertiary/aromatic N) is 1. The maximum absolute atomic E-state index is 10.7. The first-order valence-corrected chi connectivity index (χ1v) is 7.08. The maximum Gasteiger partial charge on any atom is 0.209 e. The molecule has 1 aliphatic rings. The van der Waals surface area contributed by atoms with Crippen LogP contribution in [0.3, 0.4) is 0 Å². The monoisotopic (exact) mass is 275 g/mol. The third kappa shape index (κ3) is 9.48. The van der Waals surface area contributed by atoms with Crippen LogP contribution in [0, 0.1) is 0 Å². The molecule has 0 aromatic carbocycles. The Balaban J connectivity index is 0.000000411. The molecule has 0 spiro atoms. The lowest BCUT2D eigenvalue weighted by Gasteiger charge is -2.27. The highest BCUT2D eigenvalue weighted by atomic mass is 32.2. The summed E-state index contributed by atoms with van der Waals surface area (Å²) in [7, 11) is 1.71. The van der Waals surface area contributed by atoms with E-state index < -0.39 is 0 Å². The van der Waals surface area contributed by atoms with E-state index in [-0.39, 0.29) is 10.7 Å². The molecule has 0 atom stereocenters. The van der Waals surface area contributed by atoms with E-state index in [0.29, 0.717) is 5.25 Å². The highest BCUT2D eigenvalue weighted by Gasteiger charge is 2.19. The lowest BCUT2D eigenvalue weighted by atomic mass is 10.1. The van der Waals surface area contributed by atoms with Gasteiger partial charge in [0.15, 0.2) is 5.12 Å². The van der Waals surface area contributed by atoms with Gasteiger partial charge in [0.2, 0.25) is 6.41 Å². The Morgan fingerprint density at radius 3 is 2.06 bits per heavy atom. The number of carbonyl (C=O) groups is 2. The third-order valence-electron chi connectivity index (χ3n) is 2.57. The summed E-state index contributed by atoms with van der Waals surface area (Å²) in [6.07, 6.45) is 2.78. The Morgan fingerprint density at radius 2 is 1.78 bits per heavy atom. The zero-order valence-corrected chi connectivity index (χ0v) is 12.9. The van der Waals surface area contributed by atoms with Crippen LogP contribution < -0.4 is 0 Å². The van der Waals surface area contributed by atoms with Crippen molar-refractivity contribution in [1.29, 1.82) is 0 Å². The minimum absolute atomic E-state index is 0.0417. The third-order valence-corrected chi connectivity index (χ3v) is 3.71.